The monoisotopic (exact) mass is 426 g/mol. The van der Waals surface area contributed by atoms with E-state index in [1.165, 1.54) is 33.0 Å². The minimum atomic E-state index is 0.0489. The summed E-state index contributed by atoms with van der Waals surface area (Å²) >= 11 is 0. The highest BCUT2D eigenvalue weighted by Crippen LogP contribution is 2.55. The number of pyridine rings is 2. The molecular weight excluding hydrogens is 400 g/mol. The molecule has 0 bridgehead atoms. The zero-order valence-corrected chi connectivity index (χ0v) is 19.0. The normalized spacial score (nSPS) is 13.6. The lowest BCUT2D eigenvalue weighted by molar-refractivity contribution is 0.494. The van der Waals surface area contributed by atoms with Gasteiger partial charge in [0, 0.05) is 28.9 Å². The van der Waals surface area contributed by atoms with Gasteiger partial charge in [0.05, 0.1) is 11.4 Å². The van der Waals surface area contributed by atoms with Gasteiger partial charge in [-0.1, -0.05) is 68.4 Å². The third-order valence-electron chi connectivity index (χ3n) is 7.46. The molecule has 0 radical (unpaired) electrons. The molecular formula is C31H26N2. The number of fused-ring (bicyclic) bond motifs is 5. The van der Waals surface area contributed by atoms with Gasteiger partial charge in [0.25, 0.3) is 0 Å². The number of nitrogens with zero attached hydrogens (tertiary/aromatic N) is 2. The van der Waals surface area contributed by atoms with Crippen molar-refractivity contribution in [3.63, 3.8) is 0 Å². The first-order valence-electron chi connectivity index (χ1n) is 11.8. The Labute approximate surface area is 195 Å². The van der Waals surface area contributed by atoms with Gasteiger partial charge in [-0.15, -0.1) is 0 Å². The van der Waals surface area contributed by atoms with Crippen LogP contribution in [0, 0.1) is 0 Å². The van der Waals surface area contributed by atoms with Crippen LogP contribution in [0.4, 0.5) is 0 Å². The fourth-order valence-electron chi connectivity index (χ4n) is 5.76. The first-order chi connectivity index (χ1) is 16.2. The lowest BCUT2D eigenvalue weighted by Crippen LogP contribution is -2.23. The maximum atomic E-state index is 4.72. The molecule has 0 saturated carbocycles. The molecule has 33 heavy (non-hydrogen) atoms. The Morgan fingerprint density at radius 2 is 1.42 bits per heavy atom. The maximum absolute atomic E-state index is 4.72. The molecule has 160 valence electrons. The summed E-state index contributed by atoms with van der Waals surface area (Å²) in [6.45, 7) is 4.66. The standard InChI is InChI=1S/C31H26N2/c1-3-31(4-2)27-15-13-22(29-20-23(16-18-33-29)28-11-7-8-17-32-28)19-26(27)25-14-12-21-9-5-6-10-24(21)30(25)31/h5-20H,3-4H2,1-2H3. The van der Waals surface area contributed by atoms with Crippen LogP contribution in [-0.4, -0.2) is 9.97 Å². The van der Waals surface area contributed by atoms with Crippen LogP contribution in [0.5, 0.6) is 0 Å². The van der Waals surface area contributed by atoms with Crippen LogP contribution in [-0.2, 0) is 5.41 Å². The molecule has 2 nitrogen and oxygen atoms in total. The van der Waals surface area contributed by atoms with E-state index in [0.29, 0.717) is 0 Å². The van der Waals surface area contributed by atoms with E-state index in [1.807, 2.05) is 36.7 Å². The molecule has 2 heterocycles. The van der Waals surface area contributed by atoms with E-state index in [1.54, 1.807) is 0 Å². The minimum absolute atomic E-state index is 0.0489. The van der Waals surface area contributed by atoms with Crippen LogP contribution < -0.4 is 0 Å². The Morgan fingerprint density at radius 1 is 0.636 bits per heavy atom. The van der Waals surface area contributed by atoms with Gasteiger partial charge in [-0.2, -0.15) is 0 Å². The quantitative estimate of drug-likeness (QED) is 0.290. The number of benzene rings is 3. The zero-order valence-electron chi connectivity index (χ0n) is 19.0. The Morgan fingerprint density at radius 3 is 2.24 bits per heavy atom. The van der Waals surface area contributed by atoms with Crippen LogP contribution in [0.15, 0.2) is 97.3 Å². The van der Waals surface area contributed by atoms with Gasteiger partial charge in [0.1, 0.15) is 0 Å². The van der Waals surface area contributed by atoms with Crippen LogP contribution in [0.1, 0.15) is 37.8 Å². The van der Waals surface area contributed by atoms with Crippen LogP contribution >= 0.6 is 0 Å². The van der Waals surface area contributed by atoms with Crippen molar-refractivity contribution in [1.29, 1.82) is 0 Å². The topological polar surface area (TPSA) is 25.8 Å². The summed E-state index contributed by atoms with van der Waals surface area (Å²) < 4.78 is 0. The summed E-state index contributed by atoms with van der Waals surface area (Å²) in [5.41, 5.74) is 9.89. The van der Waals surface area contributed by atoms with Crippen molar-refractivity contribution in [2.24, 2.45) is 0 Å². The van der Waals surface area contributed by atoms with Crippen molar-refractivity contribution < 1.29 is 0 Å². The van der Waals surface area contributed by atoms with Gasteiger partial charge in [-0.25, -0.2) is 0 Å². The van der Waals surface area contributed by atoms with Gasteiger partial charge in [-0.05, 0) is 76.2 Å². The second kappa shape index (κ2) is 7.67. The third-order valence-corrected chi connectivity index (χ3v) is 7.46. The molecule has 2 heteroatoms. The zero-order chi connectivity index (χ0) is 22.4. The van der Waals surface area contributed by atoms with Gasteiger partial charge >= 0.3 is 0 Å². The number of hydrogen-bond acceptors (Lipinski definition) is 2. The largest absolute Gasteiger partial charge is 0.256 e. The summed E-state index contributed by atoms with van der Waals surface area (Å²) in [5, 5.41) is 2.70. The highest BCUT2D eigenvalue weighted by molar-refractivity contribution is 5.98. The predicted octanol–water partition coefficient (Wildman–Crippen LogP) is 8.05. The molecule has 0 aliphatic heterocycles. The Bertz CT molecular complexity index is 1480. The van der Waals surface area contributed by atoms with Crippen molar-refractivity contribution >= 4 is 10.8 Å². The average Bonchev–Trinajstić information content (AvgIpc) is 3.19. The molecule has 0 amide bonds. The summed E-state index contributed by atoms with van der Waals surface area (Å²) in [6, 6.07) is 30.5. The highest BCUT2D eigenvalue weighted by Gasteiger charge is 2.41. The average molecular weight is 427 g/mol. The van der Waals surface area contributed by atoms with Gasteiger partial charge in [-0.3, -0.25) is 9.97 Å². The van der Waals surface area contributed by atoms with Gasteiger partial charge in [0.2, 0.25) is 0 Å². The molecule has 1 aliphatic carbocycles. The van der Waals surface area contributed by atoms with E-state index in [-0.39, 0.29) is 5.41 Å². The van der Waals surface area contributed by atoms with Crippen LogP contribution in [0.2, 0.25) is 0 Å². The van der Waals surface area contributed by atoms with E-state index in [4.69, 9.17) is 4.98 Å². The van der Waals surface area contributed by atoms with E-state index in [0.717, 1.165) is 35.4 Å². The minimum Gasteiger partial charge on any atom is -0.256 e. The predicted molar refractivity (Wildman–Crippen MR) is 137 cm³/mol. The maximum Gasteiger partial charge on any atom is 0.0708 e. The van der Waals surface area contributed by atoms with E-state index >= 15 is 0 Å². The smallest absolute Gasteiger partial charge is 0.0708 e. The number of aromatic nitrogens is 2. The Balaban J connectivity index is 1.55. The van der Waals surface area contributed by atoms with E-state index in [2.05, 4.69) is 79.5 Å². The van der Waals surface area contributed by atoms with Crippen LogP contribution in [0.25, 0.3) is 44.4 Å². The Hall–Kier alpha value is -3.78. The van der Waals surface area contributed by atoms with Crippen molar-refractivity contribution in [1.82, 2.24) is 9.97 Å². The second-order valence-corrected chi connectivity index (χ2v) is 8.90. The molecule has 1 aliphatic rings. The molecule has 0 fully saturated rings. The lowest BCUT2D eigenvalue weighted by atomic mass is 9.72. The number of rotatable bonds is 4. The molecule has 0 atom stereocenters. The summed E-state index contributed by atoms with van der Waals surface area (Å²) in [6.07, 6.45) is 5.89. The lowest BCUT2D eigenvalue weighted by Gasteiger charge is -2.30. The SMILES string of the molecule is CCC1(CC)c2ccc(-c3cc(-c4ccccn4)ccn3)cc2-c2ccc3ccccc3c21. The van der Waals surface area contributed by atoms with E-state index in [9.17, 15) is 0 Å². The Kier molecular flexibility index (Phi) is 4.62. The van der Waals surface area contributed by atoms with Crippen molar-refractivity contribution in [3.05, 3.63) is 108 Å². The summed E-state index contributed by atoms with van der Waals surface area (Å²) in [4.78, 5) is 9.23. The van der Waals surface area contributed by atoms with Gasteiger partial charge in [0.15, 0.2) is 0 Å². The fourth-order valence-corrected chi connectivity index (χ4v) is 5.76. The molecule has 0 saturated heterocycles. The first kappa shape index (κ1) is 19.9. The van der Waals surface area contributed by atoms with Gasteiger partial charge < -0.3 is 0 Å². The molecule has 0 unspecified atom stereocenters. The first-order valence-corrected chi connectivity index (χ1v) is 11.8. The molecule has 0 spiro atoms. The number of hydrogen-bond donors (Lipinski definition) is 0. The molecule has 5 aromatic rings. The van der Waals surface area contributed by atoms with Crippen molar-refractivity contribution in [2.75, 3.05) is 0 Å². The highest BCUT2D eigenvalue weighted by atomic mass is 14.7. The third kappa shape index (κ3) is 2.94. The van der Waals surface area contributed by atoms with E-state index < -0.39 is 0 Å². The molecule has 6 rings (SSSR count). The second-order valence-electron chi connectivity index (χ2n) is 8.90. The summed E-state index contributed by atoms with van der Waals surface area (Å²) in [5.74, 6) is 0. The summed E-state index contributed by atoms with van der Waals surface area (Å²) in [7, 11) is 0. The van der Waals surface area contributed by atoms with Crippen molar-refractivity contribution in [3.8, 4) is 33.6 Å². The van der Waals surface area contributed by atoms with Crippen molar-refractivity contribution in [2.45, 2.75) is 32.1 Å². The van der Waals surface area contributed by atoms with Crippen LogP contribution in [0.3, 0.4) is 0 Å². The molecule has 2 aromatic heterocycles. The molecule has 3 aromatic carbocycles. The molecule has 0 N–H and O–H groups in total. The fraction of sp³-hybridized carbons (Fsp3) is 0.161.